The van der Waals surface area contributed by atoms with Crippen LogP contribution in [0, 0.1) is 19.7 Å². The minimum Gasteiger partial charge on any atom is -0.494 e. The Bertz CT molecular complexity index is 955. The van der Waals surface area contributed by atoms with Crippen molar-refractivity contribution in [3.05, 3.63) is 41.5 Å². The number of hydrogen-bond acceptors (Lipinski definition) is 6. The monoisotopic (exact) mass is 439 g/mol. The Morgan fingerprint density at radius 2 is 2.03 bits per heavy atom. The van der Waals surface area contributed by atoms with Crippen LogP contribution < -0.4 is 10.1 Å². The summed E-state index contributed by atoms with van der Waals surface area (Å²) in [5.41, 5.74) is 0.291. The lowest BCUT2D eigenvalue weighted by Crippen LogP contribution is -2.46. The van der Waals surface area contributed by atoms with Crippen LogP contribution in [-0.2, 0) is 14.8 Å². The van der Waals surface area contributed by atoms with Crippen molar-refractivity contribution in [2.75, 3.05) is 19.7 Å². The average molecular weight is 440 g/mol. The highest BCUT2D eigenvalue weighted by Crippen LogP contribution is 2.29. The van der Waals surface area contributed by atoms with Gasteiger partial charge in [0.1, 0.15) is 28.2 Å². The predicted octanol–water partition coefficient (Wildman–Crippen LogP) is 2.56. The number of benzene rings is 1. The summed E-state index contributed by atoms with van der Waals surface area (Å²) in [6.07, 6.45) is 2.47. The highest BCUT2D eigenvalue weighted by molar-refractivity contribution is 7.89. The van der Waals surface area contributed by atoms with Gasteiger partial charge >= 0.3 is 0 Å². The van der Waals surface area contributed by atoms with Crippen molar-refractivity contribution in [1.82, 2.24) is 14.8 Å². The number of sulfonamides is 1. The van der Waals surface area contributed by atoms with E-state index in [9.17, 15) is 17.6 Å². The molecule has 2 aromatic rings. The van der Waals surface area contributed by atoms with E-state index < -0.39 is 16.1 Å². The van der Waals surface area contributed by atoms with Crippen LogP contribution >= 0.6 is 0 Å². The van der Waals surface area contributed by atoms with Crippen LogP contribution in [0.4, 0.5) is 4.39 Å². The summed E-state index contributed by atoms with van der Waals surface area (Å²) < 4.78 is 50.7. The summed E-state index contributed by atoms with van der Waals surface area (Å²) in [7, 11) is -3.85. The molecule has 164 valence electrons. The normalized spacial score (nSPS) is 17.2. The number of rotatable bonds is 9. The van der Waals surface area contributed by atoms with Gasteiger partial charge in [-0.1, -0.05) is 5.16 Å². The van der Waals surface area contributed by atoms with E-state index in [0.717, 1.165) is 0 Å². The lowest BCUT2D eigenvalue weighted by atomic mass is 10.2. The quantitative estimate of drug-likeness (QED) is 0.603. The zero-order valence-electron chi connectivity index (χ0n) is 17.1. The molecule has 3 rings (SSSR count). The first kappa shape index (κ1) is 22.2. The number of hydrogen-bond donors (Lipinski definition) is 1. The molecule has 0 radical (unpaired) electrons. The van der Waals surface area contributed by atoms with Gasteiger partial charge in [0.2, 0.25) is 15.9 Å². The molecule has 0 aliphatic carbocycles. The van der Waals surface area contributed by atoms with Gasteiger partial charge < -0.3 is 14.6 Å². The van der Waals surface area contributed by atoms with Crippen molar-refractivity contribution in [3.8, 4) is 5.75 Å². The number of ether oxygens (including phenoxy) is 1. The summed E-state index contributed by atoms with van der Waals surface area (Å²) in [5.74, 6) is 0.191. The zero-order chi connectivity index (χ0) is 21.7. The largest absolute Gasteiger partial charge is 0.494 e. The second-order valence-electron chi connectivity index (χ2n) is 7.23. The van der Waals surface area contributed by atoms with E-state index in [4.69, 9.17) is 9.26 Å². The van der Waals surface area contributed by atoms with Gasteiger partial charge in [-0.05, 0) is 63.8 Å². The van der Waals surface area contributed by atoms with Crippen LogP contribution in [0.5, 0.6) is 5.75 Å². The standard InChI is InChI=1S/C20H26FN3O5S/c1-14-19(15(2)29-23-14)30(26,27)24-12-5-6-18(24)20(25)22-11-3-4-13-28-17-9-7-16(21)8-10-17/h7-10,18H,3-6,11-13H2,1-2H3,(H,22,25)/t18-/m0/s1. The molecule has 0 saturated carbocycles. The van der Waals surface area contributed by atoms with Gasteiger partial charge in [0, 0.05) is 13.1 Å². The smallest absolute Gasteiger partial charge is 0.249 e. The van der Waals surface area contributed by atoms with Crippen molar-refractivity contribution in [2.24, 2.45) is 0 Å². The SMILES string of the molecule is Cc1noc(C)c1S(=O)(=O)N1CCC[C@H]1C(=O)NCCCCOc1ccc(F)cc1. The van der Waals surface area contributed by atoms with E-state index >= 15 is 0 Å². The number of amides is 1. The topological polar surface area (TPSA) is 102 Å². The molecule has 1 fully saturated rings. The second kappa shape index (κ2) is 9.57. The number of aryl methyl sites for hydroxylation is 2. The molecule has 0 spiro atoms. The molecular weight excluding hydrogens is 413 g/mol. The molecule has 1 aliphatic rings. The molecule has 1 saturated heterocycles. The Kier molecular flexibility index (Phi) is 7.09. The summed E-state index contributed by atoms with van der Waals surface area (Å²) in [6.45, 7) is 4.27. The van der Waals surface area contributed by atoms with Crippen molar-refractivity contribution < 1.29 is 26.9 Å². The number of halogens is 1. The fraction of sp³-hybridized carbons (Fsp3) is 0.500. The van der Waals surface area contributed by atoms with E-state index in [1.54, 1.807) is 26.0 Å². The Labute approximate surface area is 175 Å². The average Bonchev–Trinajstić information content (AvgIpc) is 3.33. The molecule has 0 bridgehead atoms. The Morgan fingerprint density at radius 1 is 1.30 bits per heavy atom. The lowest BCUT2D eigenvalue weighted by Gasteiger charge is -2.23. The van der Waals surface area contributed by atoms with Crippen molar-refractivity contribution >= 4 is 15.9 Å². The number of carbonyl (C=O) groups is 1. The minimum absolute atomic E-state index is 0.0418. The Morgan fingerprint density at radius 3 is 2.70 bits per heavy atom. The summed E-state index contributed by atoms with van der Waals surface area (Å²) in [5, 5.41) is 6.53. The van der Waals surface area contributed by atoms with Gasteiger partial charge in [0.15, 0.2) is 5.76 Å². The van der Waals surface area contributed by atoms with Crippen LogP contribution in [0.3, 0.4) is 0 Å². The van der Waals surface area contributed by atoms with Gasteiger partial charge in [-0.3, -0.25) is 4.79 Å². The highest BCUT2D eigenvalue weighted by Gasteiger charge is 2.41. The third kappa shape index (κ3) is 4.99. The fourth-order valence-corrected chi connectivity index (χ4v) is 5.48. The van der Waals surface area contributed by atoms with Gasteiger partial charge in [-0.2, -0.15) is 4.31 Å². The molecule has 1 aliphatic heterocycles. The minimum atomic E-state index is -3.85. The van der Waals surface area contributed by atoms with Crippen molar-refractivity contribution in [1.29, 1.82) is 0 Å². The van der Waals surface area contributed by atoms with E-state index in [1.165, 1.54) is 16.4 Å². The van der Waals surface area contributed by atoms with E-state index in [0.29, 0.717) is 50.3 Å². The molecule has 1 aromatic heterocycles. The maximum Gasteiger partial charge on any atom is 0.249 e. The predicted molar refractivity (Wildman–Crippen MR) is 107 cm³/mol. The van der Waals surface area contributed by atoms with Gasteiger partial charge in [0.05, 0.1) is 6.61 Å². The molecular formula is C20H26FN3O5S. The van der Waals surface area contributed by atoms with Crippen molar-refractivity contribution in [2.45, 2.75) is 50.5 Å². The fourth-order valence-electron chi connectivity index (χ4n) is 3.53. The van der Waals surface area contributed by atoms with E-state index in [1.807, 2.05) is 0 Å². The number of nitrogens with one attached hydrogen (secondary N) is 1. The first-order valence-electron chi connectivity index (χ1n) is 9.91. The van der Waals surface area contributed by atoms with Crippen molar-refractivity contribution in [3.63, 3.8) is 0 Å². The maximum absolute atomic E-state index is 13.0. The first-order chi connectivity index (χ1) is 14.3. The Balaban J connectivity index is 1.47. The number of aromatic nitrogens is 1. The van der Waals surface area contributed by atoms with Crippen LogP contribution in [0.25, 0.3) is 0 Å². The van der Waals surface area contributed by atoms with Gasteiger partial charge in [0.25, 0.3) is 0 Å². The first-order valence-corrected chi connectivity index (χ1v) is 11.4. The second-order valence-corrected chi connectivity index (χ2v) is 9.05. The Hall–Kier alpha value is -2.46. The molecule has 30 heavy (non-hydrogen) atoms. The highest BCUT2D eigenvalue weighted by atomic mass is 32.2. The van der Waals surface area contributed by atoms with Gasteiger partial charge in [-0.15, -0.1) is 0 Å². The number of carbonyl (C=O) groups excluding carboxylic acids is 1. The molecule has 1 atom stereocenters. The third-order valence-electron chi connectivity index (χ3n) is 4.99. The molecule has 10 heteroatoms. The molecule has 1 aromatic carbocycles. The van der Waals surface area contributed by atoms with Crippen LogP contribution in [0.2, 0.25) is 0 Å². The lowest BCUT2D eigenvalue weighted by molar-refractivity contribution is -0.124. The number of nitrogens with zero attached hydrogens (tertiary/aromatic N) is 2. The summed E-state index contributed by atoms with van der Waals surface area (Å²) in [4.78, 5) is 12.6. The molecule has 1 N–H and O–H groups in total. The zero-order valence-corrected chi connectivity index (χ0v) is 17.9. The molecule has 2 heterocycles. The number of unbranched alkanes of at least 4 members (excludes halogenated alkanes) is 1. The summed E-state index contributed by atoms with van der Waals surface area (Å²) >= 11 is 0. The maximum atomic E-state index is 13.0. The molecule has 8 nitrogen and oxygen atoms in total. The van der Waals surface area contributed by atoms with Crippen LogP contribution in [0.1, 0.15) is 37.1 Å². The summed E-state index contributed by atoms with van der Waals surface area (Å²) in [6, 6.07) is 5.05. The van der Waals surface area contributed by atoms with E-state index in [2.05, 4.69) is 10.5 Å². The van der Waals surface area contributed by atoms with Crippen LogP contribution in [-0.4, -0.2) is 49.5 Å². The van der Waals surface area contributed by atoms with E-state index in [-0.39, 0.29) is 28.9 Å². The van der Waals surface area contributed by atoms with Gasteiger partial charge in [-0.25, -0.2) is 12.8 Å². The molecule has 0 unspecified atom stereocenters. The third-order valence-corrected chi connectivity index (χ3v) is 7.15. The molecule has 1 amide bonds. The van der Waals surface area contributed by atoms with Crippen LogP contribution in [0.15, 0.2) is 33.7 Å².